The smallest absolute Gasteiger partial charge is 0.266 e. The summed E-state index contributed by atoms with van der Waals surface area (Å²) in [6.45, 7) is 4.00. The third-order valence-corrected chi connectivity index (χ3v) is 5.77. The van der Waals surface area contributed by atoms with Crippen LogP contribution in [0.25, 0.3) is 6.08 Å². The second-order valence-corrected chi connectivity index (χ2v) is 8.89. The molecule has 0 radical (unpaired) electrons. The van der Waals surface area contributed by atoms with Crippen LogP contribution >= 0.6 is 27.5 Å². The molecule has 2 N–H and O–H groups in total. The van der Waals surface area contributed by atoms with Crippen LogP contribution in [0.15, 0.2) is 70.7 Å². The van der Waals surface area contributed by atoms with Crippen LogP contribution in [0, 0.1) is 18.3 Å². The average Bonchev–Trinajstić information content (AvgIpc) is 2.85. The Morgan fingerprint density at radius 1 is 1.03 bits per heavy atom. The molecule has 3 aromatic carbocycles. The van der Waals surface area contributed by atoms with E-state index < -0.39 is 5.91 Å². The molecule has 0 saturated carbocycles. The lowest BCUT2D eigenvalue weighted by Gasteiger charge is -2.11. The van der Waals surface area contributed by atoms with Gasteiger partial charge in [-0.3, -0.25) is 9.59 Å². The highest BCUT2D eigenvalue weighted by atomic mass is 79.9. The largest absolute Gasteiger partial charge is 0.494 e. The van der Waals surface area contributed by atoms with E-state index in [4.69, 9.17) is 21.1 Å². The minimum atomic E-state index is -0.582. The lowest BCUT2D eigenvalue weighted by molar-refractivity contribution is -0.118. The molecule has 0 bridgehead atoms. The lowest BCUT2D eigenvalue weighted by Crippen LogP contribution is -2.20. The average molecular weight is 569 g/mol. The zero-order valence-corrected chi connectivity index (χ0v) is 21.9. The van der Waals surface area contributed by atoms with Gasteiger partial charge < -0.3 is 20.1 Å². The van der Waals surface area contributed by atoms with Gasteiger partial charge in [0.2, 0.25) is 0 Å². The summed E-state index contributed by atoms with van der Waals surface area (Å²) in [5.41, 5.74) is 2.28. The van der Waals surface area contributed by atoms with Gasteiger partial charge >= 0.3 is 0 Å². The zero-order valence-electron chi connectivity index (χ0n) is 19.6. The molecule has 0 aliphatic heterocycles. The van der Waals surface area contributed by atoms with E-state index in [0.29, 0.717) is 44.5 Å². The first-order chi connectivity index (χ1) is 17.3. The number of hydrogen-bond donors (Lipinski definition) is 2. The molecule has 0 aromatic heterocycles. The van der Waals surface area contributed by atoms with E-state index >= 15 is 0 Å². The summed E-state index contributed by atoms with van der Waals surface area (Å²) in [4.78, 5) is 25.1. The third-order valence-electron chi connectivity index (χ3n) is 4.87. The predicted octanol–water partition coefficient (Wildman–Crippen LogP) is 6.37. The van der Waals surface area contributed by atoms with Gasteiger partial charge in [0.15, 0.2) is 6.61 Å². The van der Waals surface area contributed by atoms with E-state index in [1.807, 2.05) is 19.9 Å². The van der Waals surface area contributed by atoms with Crippen LogP contribution in [-0.4, -0.2) is 25.0 Å². The quantitative estimate of drug-likeness (QED) is 0.231. The minimum absolute atomic E-state index is 0.134. The molecule has 2 amide bonds. The first-order valence-corrected chi connectivity index (χ1v) is 12.1. The van der Waals surface area contributed by atoms with Gasteiger partial charge in [-0.05, 0) is 80.1 Å². The van der Waals surface area contributed by atoms with Crippen LogP contribution in [0.3, 0.4) is 0 Å². The molecule has 0 atom stereocenters. The van der Waals surface area contributed by atoms with Gasteiger partial charge in [-0.25, -0.2) is 0 Å². The highest BCUT2D eigenvalue weighted by Crippen LogP contribution is 2.26. The van der Waals surface area contributed by atoms with Gasteiger partial charge in [-0.1, -0.05) is 33.6 Å². The van der Waals surface area contributed by atoms with Crippen molar-refractivity contribution < 1.29 is 19.1 Å². The normalized spacial score (nSPS) is 10.8. The fourth-order valence-electron chi connectivity index (χ4n) is 3.08. The van der Waals surface area contributed by atoms with Crippen LogP contribution in [0.5, 0.6) is 11.5 Å². The summed E-state index contributed by atoms with van der Waals surface area (Å²) >= 11 is 9.49. The van der Waals surface area contributed by atoms with Crippen molar-refractivity contribution >= 4 is 56.8 Å². The van der Waals surface area contributed by atoms with Crippen molar-refractivity contribution in [2.45, 2.75) is 13.8 Å². The molecule has 0 fully saturated rings. The van der Waals surface area contributed by atoms with Crippen molar-refractivity contribution in [3.05, 3.63) is 86.9 Å². The van der Waals surface area contributed by atoms with E-state index in [2.05, 4.69) is 26.6 Å². The summed E-state index contributed by atoms with van der Waals surface area (Å²) in [6, 6.07) is 19.0. The molecule has 3 aromatic rings. The second kappa shape index (κ2) is 12.8. The van der Waals surface area contributed by atoms with E-state index in [1.54, 1.807) is 60.7 Å². The number of benzene rings is 3. The van der Waals surface area contributed by atoms with Crippen molar-refractivity contribution in [2.75, 3.05) is 23.8 Å². The number of ether oxygens (including phenoxy) is 2. The molecule has 3 rings (SSSR count). The first kappa shape index (κ1) is 26.8. The number of amides is 2. The zero-order chi connectivity index (χ0) is 26.1. The SMILES string of the molecule is CCOc1ccc(NC(=O)/C(C#N)=C/c2cc(Br)ccc2OCC(=O)Nc2ccc(C)c(Cl)c2)cc1. The number of anilines is 2. The van der Waals surface area contributed by atoms with Crippen molar-refractivity contribution in [1.82, 2.24) is 0 Å². The van der Waals surface area contributed by atoms with Gasteiger partial charge in [0, 0.05) is 26.4 Å². The van der Waals surface area contributed by atoms with Crippen molar-refractivity contribution in [1.29, 1.82) is 5.26 Å². The molecular weight excluding hydrogens is 546 g/mol. The van der Waals surface area contributed by atoms with Gasteiger partial charge in [0.05, 0.1) is 6.61 Å². The molecule has 0 aliphatic carbocycles. The molecule has 9 heteroatoms. The number of hydrogen-bond acceptors (Lipinski definition) is 5. The maximum atomic E-state index is 12.7. The number of rotatable bonds is 9. The van der Waals surface area contributed by atoms with Crippen LogP contribution < -0.4 is 20.1 Å². The predicted molar refractivity (Wildman–Crippen MR) is 144 cm³/mol. The summed E-state index contributed by atoms with van der Waals surface area (Å²) in [5.74, 6) is 0.0389. The number of aryl methyl sites for hydroxylation is 1. The van der Waals surface area contributed by atoms with Gasteiger partial charge in [-0.15, -0.1) is 0 Å². The number of carbonyl (C=O) groups is 2. The molecule has 0 saturated heterocycles. The monoisotopic (exact) mass is 567 g/mol. The lowest BCUT2D eigenvalue weighted by atomic mass is 10.1. The number of carbonyl (C=O) groups excluding carboxylic acids is 2. The van der Waals surface area contributed by atoms with E-state index in [1.165, 1.54) is 6.08 Å². The molecule has 7 nitrogen and oxygen atoms in total. The van der Waals surface area contributed by atoms with Crippen LogP contribution in [0.4, 0.5) is 11.4 Å². The van der Waals surface area contributed by atoms with Crippen LogP contribution in [0.1, 0.15) is 18.1 Å². The number of nitriles is 1. The first-order valence-electron chi connectivity index (χ1n) is 10.9. The summed E-state index contributed by atoms with van der Waals surface area (Å²) < 4.78 is 11.8. The fraction of sp³-hybridized carbons (Fsp3) is 0.148. The maximum Gasteiger partial charge on any atom is 0.266 e. The Hall–Kier alpha value is -3.80. The molecule has 0 unspecified atom stereocenters. The Kier molecular flexibility index (Phi) is 9.51. The van der Waals surface area contributed by atoms with Crippen LogP contribution in [0.2, 0.25) is 5.02 Å². The fourth-order valence-corrected chi connectivity index (χ4v) is 3.64. The second-order valence-electron chi connectivity index (χ2n) is 7.56. The van der Waals surface area contributed by atoms with E-state index in [0.717, 1.165) is 5.56 Å². The maximum absolute atomic E-state index is 12.7. The van der Waals surface area contributed by atoms with Gasteiger partial charge in [-0.2, -0.15) is 5.26 Å². The molecule has 36 heavy (non-hydrogen) atoms. The van der Waals surface area contributed by atoms with Crippen LogP contribution in [-0.2, 0) is 9.59 Å². The Balaban J connectivity index is 1.71. The Bertz CT molecular complexity index is 1330. The third kappa shape index (κ3) is 7.60. The number of halogens is 2. The molecule has 0 aliphatic rings. The summed E-state index contributed by atoms with van der Waals surface area (Å²) in [6.07, 6.45) is 1.40. The highest BCUT2D eigenvalue weighted by Gasteiger charge is 2.13. The highest BCUT2D eigenvalue weighted by molar-refractivity contribution is 9.10. The van der Waals surface area contributed by atoms with Crippen molar-refractivity contribution in [2.24, 2.45) is 0 Å². The molecule has 0 spiro atoms. The topological polar surface area (TPSA) is 100 Å². The molecule has 184 valence electrons. The Labute approximate surface area is 222 Å². The molecular formula is C27H23BrClN3O4. The number of nitrogens with one attached hydrogen (secondary N) is 2. The standard InChI is InChI=1S/C27H23BrClN3O4/c1-3-35-23-9-7-21(8-10-23)32-27(34)19(15-30)12-18-13-20(28)5-11-25(18)36-16-26(33)31-22-6-4-17(2)24(29)14-22/h4-14H,3,16H2,1-2H3,(H,31,33)(H,32,34)/b19-12+. The Morgan fingerprint density at radius 3 is 2.42 bits per heavy atom. The molecule has 0 heterocycles. The van der Waals surface area contributed by atoms with Crippen molar-refractivity contribution in [3.63, 3.8) is 0 Å². The summed E-state index contributed by atoms with van der Waals surface area (Å²) in [5, 5.41) is 15.6. The van der Waals surface area contributed by atoms with Gasteiger partial charge in [0.25, 0.3) is 11.8 Å². The summed E-state index contributed by atoms with van der Waals surface area (Å²) in [7, 11) is 0. The number of nitrogens with zero attached hydrogens (tertiary/aromatic N) is 1. The minimum Gasteiger partial charge on any atom is -0.494 e. The van der Waals surface area contributed by atoms with Crippen molar-refractivity contribution in [3.8, 4) is 17.6 Å². The van der Waals surface area contributed by atoms with E-state index in [-0.39, 0.29) is 18.1 Å². The van der Waals surface area contributed by atoms with Gasteiger partial charge in [0.1, 0.15) is 23.1 Å². The van der Waals surface area contributed by atoms with E-state index in [9.17, 15) is 14.9 Å². The Morgan fingerprint density at radius 2 is 1.75 bits per heavy atom.